The molecule has 0 fully saturated rings. The predicted molar refractivity (Wildman–Crippen MR) is 379 cm³/mol. The van der Waals surface area contributed by atoms with Crippen LogP contribution in [-0.2, 0) is 0 Å². The number of hydrogen-bond acceptors (Lipinski definition) is 1. The molecule has 0 saturated heterocycles. The molecule has 0 aliphatic carbocycles. The third kappa shape index (κ3) is 8.29. The zero-order valence-corrected chi connectivity index (χ0v) is 50.0. The lowest BCUT2D eigenvalue weighted by molar-refractivity contribution is 1.17. The van der Waals surface area contributed by atoms with E-state index in [1.165, 1.54) is 107 Å². The molecule has 17 aromatic rings. The quantitative estimate of drug-likeness (QED) is 0.0902. The van der Waals surface area contributed by atoms with Gasteiger partial charge in [-0.25, -0.2) is 0 Å². The van der Waals surface area contributed by atoms with E-state index >= 15 is 0 Å². The highest BCUT2D eigenvalue weighted by atomic mass is 32.1. The third-order valence-corrected chi connectivity index (χ3v) is 24.2. The number of aromatic nitrogens is 2. The molecule has 0 aliphatic heterocycles. The number of nitrogens with zero attached hydrogens (tertiary/aromatic N) is 2. The lowest BCUT2D eigenvalue weighted by atomic mass is 9.95. The van der Waals surface area contributed by atoms with E-state index in [9.17, 15) is 0 Å². The van der Waals surface area contributed by atoms with Crippen LogP contribution in [0.4, 0.5) is 0 Å². The molecule has 0 bridgehead atoms. The Morgan fingerprint density at radius 2 is 0.670 bits per heavy atom. The van der Waals surface area contributed by atoms with Crippen LogP contribution in [0.2, 0.25) is 0 Å². The van der Waals surface area contributed by atoms with Crippen LogP contribution < -0.4 is 20.7 Å². The summed E-state index contributed by atoms with van der Waals surface area (Å²) in [5.41, 5.74) is 18.8. The summed E-state index contributed by atoms with van der Waals surface area (Å²) in [4.78, 5) is 0. The Balaban J connectivity index is 0.966. The Hall–Kier alpha value is -10.9. The molecule has 2 nitrogen and oxygen atoms in total. The van der Waals surface area contributed by atoms with Gasteiger partial charge >= 0.3 is 0 Å². The summed E-state index contributed by atoms with van der Waals surface area (Å²) in [6.45, 7) is 0. The highest BCUT2D eigenvalue weighted by Gasteiger charge is 2.43. The van der Waals surface area contributed by atoms with Crippen molar-refractivity contribution >= 4 is 104 Å². The molecule has 0 amide bonds. The van der Waals surface area contributed by atoms with Crippen molar-refractivity contribution in [1.29, 1.82) is 0 Å². The molecule has 17 rings (SSSR count). The molecule has 0 spiro atoms. The SMILES string of the molecule is c1ccc(-c2cc(-c3ccccc3)cc([Si](c3ccccc3)(c3ccccc3)c3cc(-c4ccccc4)c(-n4c5ccccc5c5cc(-n6c7ccccc7c7cccc(-c8cccc9c8sc8ccccc89)c76)ccc54)c(-c4ccccc4)c3)c2)cc1. The maximum absolute atomic E-state index is 3.32. The summed E-state index contributed by atoms with van der Waals surface area (Å²) in [5.74, 6) is 0. The molecule has 14 aromatic carbocycles. The third-order valence-electron chi connectivity index (χ3n) is 18.2. The molecule has 0 atom stereocenters. The lowest BCUT2D eigenvalue weighted by Crippen LogP contribution is -2.74. The van der Waals surface area contributed by atoms with Gasteiger partial charge in [-0.15, -0.1) is 11.3 Å². The van der Waals surface area contributed by atoms with Crippen molar-refractivity contribution in [2.45, 2.75) is 0 Å². The summed E-state index contributed by atoms with van der Waals surface area (Å²) >= 11 is 1.89. The minimum Gasteiger partial charge on any atom is -0.309 e. The minimum atomic E-state index is -3.32. The highest BCUT2D eigenvalue weighted by molar-refractivity contribution is 7.26. The predicted octanol–water partition coefficient (Wildman–Crippen LogP) is 20.0. The van der Waals surface area contributed by atoms with E-state index in [4.69, 9.17) is 0 Å². The summed E-state index contributed by atoms with van der Waals surface area (Å²) in [5, 5.41) is 12.7. The second-order valence-corrected chi connectivity index (χ2v) is 27.9. The number of para-hydroxylation sites is 3. The van der Waals surface area contributed by atoms with Gasteiger partial charge in [0.25, 0.3) is 0 Å². The van der Waals surface area contributed by atoms with Crippen LogP contribution in [0.3, 0.4) is 0 Å². The zero-order valence-electron chi connectivity index (χ0n) is 48.1. The summed E-state index contributed by atoms with van der Waals surface area (Å²) in [7, 11) is -3.32. The van der Waals surface area contributed by atoms with Crippen LogP contribution >= 0.6 is 11.3 Å². The molecule has 3 heterocycles. The van der Waals surface area contributed by atoms with E-state index < -0.39 is 8.07 Å². The Labute approximate surface area is 516 Å². The first kappa shape index (κ1) is 51.5. The van der Waals surface area contributed by atoms with Gasteiger partial charge in [0.1, 0.15) is 0 Å². The monoisotopic (exact) mass is 1150 g/mol. The Morgan fingerprint density at radius 3 is 1.25 bits per heavy atom. The average molecular weight is 1150 g/mol. The van der Waals surface area contributed by atoms with Crippen LogP contribution in [-0.4, -0.2) is 17.2 Å². The van der Waals surface area contributed by atoms with Crippen LogP contribution in [0, 0.1) is 0 Å². The topological polar surface area (TPSA) is 9.86 Å². The first-order valence-electron chi connectivity index (χ1n) is 30.3. The van der Waals surface area contributed by atoms with Crippen LogP contribution in [0.25, 0.3) is 131 Å². The van der Waals surface area contributed by atoms with Gasteiger partial charge in [0.05, 0.1) is 27.8 Å². The smallest absolute Gasteiger partial charge is 0.179 e. The van der Waals surface area contributed by atoms with Gasteiger partial charge in [-0.05, 0) is 96.6 Å². The average Bonchev–Trinajstić information content (AvgIpc) is 1.72. The molecule has 88 heavy (non-hydrogen) atoms. The molecule has 0 aliphatic rings. The van der Waals surface area contributed by atoms with Crippen molar-refractivity contribution < 1.29 is 0 Å². The van der Waals surface area contributed by atoms with Crippen molar-refractivity contribution in [2.75, 3.05) is 0 Å². The van der Waals surface area contributed by atoms with Gasteiger partial charge in [0.2, 0.25) is 0 Å². The van der Waals surface area contributed by atoms with Gasteiger partial charge in [-0.1, -0.05) is 297 Å². The molecule has 0 unspecified atom stereocenters. The maximum atomic E-state index is 2.59. The number of hydrogen-bond donors (Lipinski definition) is 0. The Morgan fingerprint density at radius 1 is 0.239 bits per heavy atom. The molecular weight excluding hydrogens is 1100 g/mol. The van der Waals surface area contributed by atoms with E-state index in [-0.39, 0.29) is 0 Å². The van der Waals surface area contributed by atoms with Gasteiger partial charge in [0, 0.05) is 69.7 Å². The van der Waals surface area contributed by atoms with Gasteiger partial charge in [-0.2, -0.15) is 0 Å². The fourth-order valence-electron chi connectivity index (χ4n) is 14.4. The molecular formula is C84H56N2SSi. The van der Waals surface area contributed by atoms with Crippen LogP contribution in [0.1, 0.15) is 0 Å². The van der Waals surface area contributed by atoms with Crippen molar-refractivity contribution in [3.05, 3.63) is 340 Å². The number of fused-ring (bicyclic) bond motifs is 9. The first-order valence-corrected chi connectivity index (χ1v) is 33.1. The zero-order chi connectivity index (χ0) is 58.1. The van der Waals surface area contributed by atoms with Crippen molar-refractivity contribution in [1.82, 2.24) is 9.13 Å². The molecule has 0 radical (unpaired) electrons. The summed E-state index contributed by atoms with van der Waals surface area (Å²) < 4.78 is 7.73. The number of benzene rings is 14. The summed E-state index contributed by atoms with van der Waals surface area (Å²) in [6, 6.07) is 127. The van der Waals surface area contributed by atoms with Crippen molar-refractivity contribution in [3.8, 4) is 67.0 Å². The minimum absolute atomic E-state index is 1.12. The van der Waals surface area contributed by atoms with Gasteiger partial charge < -0.3 is 9.13 Å². The molecule has 4 heteroatoms. The van der Waals surface area contributed by atoms with Gasteiger partial charge in [0.15, 0.2) is 8.07 Å². The first-order chi connectivity index (χ1) is 43.7. The summed E-state index contributed by atoms with van der Waals surface area (Å²) in [6.07, 6.45) is 0. The lowest BCUT2D eigenvalue weighted by Gasteiger charge is -2.36. The van der Waals surface area contributed by atoms with E-state index in [1.54, 1.807) is 0 Å². The fraction of sp³-hybridized carbons (Fsp3) is 0. The van der Waals surface area contributed by atoms with Crippen LogP contribution in [0.5, 0.6) is 0 Å². The van der Waals surface area contributed by atoms with Gasteiger partial charge in [-0.3, -0.25) is 0 Å². The second-order valence-electron chi connectivity index (χ2n) is 23.1. The molecule has 3 aromatic heterocycles. The number of thiophene rings is 1. The highest BCUT2D eigenvalue weighted by Crippen LogP contribution is 2.47. The van der Waals surface area contributed by atoms with Crippen LogP contribution in [0.15, 0.2) is 340 Å². The number of rotatable bonds is 11. The van der Waals surface area contributed by atoms with E-state index in [0.717, 1.165) is 44.7 Å². The van der Waals surface area contributed by atoms with E-state index in [1.807, 2.05) is 11.3 Å². The largest absolute Gasteiger partial charge is 0.309 e. The maximum Gasteiger partial charge on any atom is 0.179 e. The van der Waals surface area contributed by atoms with E-state index in [0.29, 0.717) is 0 Å². The second kappa shape index (κ2) is 21.3. The normalized spacial score (nSPS) is 11.9. The molecule has 412 valence electrons. The Bertz CT molecular complexity index is 5320. The molecule has 0 saturated carbocycles. The van der Waals surface area contributed by atoms with E-state index in [2.05, 4.69) is 349 Å². The van der Waals surface area contributed by atoms with Crippen molar-refractivity contribution in [3.63, 3.8) is 0 Å². The fourth-order valence-corrected chi connectivity index (χ4v) is 20.5. The Kier molecular flexibility index (Phi) is 12.5. The van der Waals surface area contributed by atoms with Crippen molar-refractivity contribution in [2.24, 2.45) is 0 Å². The standard InChI is InChI=1S/C84H56N2SSi/c1-7-27-57(28-8-1)61-51-62(58-29-9-2-10-30-58)53-66(52-61)88(64-35-15-5-16-36-64,65-37-17-6-18-38-65)67-55-75(59-31-11-3-12-32-59)83(76(56-67)60-33-13-4-14-34-60)86-79-47-23-20-40-69(79)77-54-63(49-50-80(77)86)85-78-46-22-19-39-68(78)71-42-25-43-72(82(71)85)74-45-26-44-73-70-41-21-24-48-81(70)87-84(73)74/h1-56H. The molecule has 0 N–H and O–H groups in total.